The van der Waals surface area contributed by atoms with Crippen molar-refractivity contribution in [3.63, 3.8) is 0 Å². The van der Waals surface area contributed by atoms with E-state index in [4.69, 9.17) is 0 Å². The minimum atomic E-state index is -0.128. The molecule has 0 spiro atoms. The van der Waals surface area contributed by atoms with Gasteiger partial charge in [0.15, 0.2) is 0 Å². The normalized spacial score (nSPS) is 12.8. The van der Waals surface area contributed by atoms with E-state index in [1.807, 2.05) is 0 Å². The molecule has 0 saturated heterocycles. The predicted molar refractivity (Wildman–Crippen MR) is 66.6 cm³/mol. The highest BCUT2D eigenvalue weighted by Crippen LogP contribution is 2.23. The lowest BCUT2D eigenvalue weighted by Crippen LogP contribution is -2.23. The van der Waals surface area contributed by atoms with E-state index in [2.05, 4.69) is 41.1 Å². The Kier molecular flexibility index (Phi) is 5.49. The highest BCUT2D eigenvalue weighted by Gasteiger charge is 2.12. The van der Waals surface area contributed by atoms with E-state index in [-0.39, 0.29) is 5.97 Å². The number of hydrogen-bond donors (Lipinski definition) is 0. The van der Waals surface area contributed by atoms with Gasteiger partial charge in [0.1, 0.15) is 0 Å². The molecule has 0 aliphatic carbocycles. The molecule has 16 heavy (non-hydrogen) atoms. The quantitative estimate of drug-likeness (QED) is 0.717. The van der Waals surface area contributed by atoms with E-state index in [0.717, 1.165) is 13.0 Å². The van der Waals surface area contributed by atoms with Gasteiger partial charge < -0.3 is 4.74 Å². The van der Waals surface area contributed by atoms with Gasteiger partial charge in [-0.1, -0.05) is 6.07 Å². The SMILES string of the molecule is COC(=O)CCCN(C)C(C)c1cccs1. The van der Waals surface area contributed by atoms with Crippen LogP contribution in [0, 0.1) is 0 Å². The van der Waals surface area contributed by atoms with Gasteiger partial charge in [0.25, 0.3) is 0 Å². The van der Waals surface area contributed by atoms with E-state index in [1.54, 1.807) is 11.3 Å². The van der Waals surface area contributed by atoms with Crippen LogP contribution < -0.4 is 0 Å². The Morgan fingerprint density at radius 3 is 2.94 bits per heavy atom. The van der Waals surface area contributed by atoms with Gasteiger partial charge in [0.2, 0.25) is 0 Å². The third-order valence-corrected chi connectivity index (χ3v) is 3.78. The molecule has 0 fully saturated rings. The number of carbonyl (C=O) groups excluding carboxylic acids is 1. The molecule has 1 atom stereocenters. The molecule has 0 aliphatic rings. The topological polar surface area (TPSA) is 29.5 Å². The van der Waals surface area contributed by atoms with Crippen LogP contribution in [0.25, 0.3) is 0 Å². The van der Waals surface area contributed by atoms with E-state index in [9.17, 15) is 4.79 Å². The van der Waals surface area contributed by atoms with Crippen molar-refractivity contribution in [3.8, 4) is 0 Å². The maximum absolute atomic E-state index is 11.0. The fraction of sp³-hybridized carbons (Fsp3) is 0.583. The molecule has 1 heterocycles. The fourth-order valence-corrected chi connectivity index (χ4v) is 2.36. The third kappa shape index (κ3) is 3.94. The fourth-order valence-electron chi connectivity index (χ4n) is 1.51. The summed E-state index contributed by atoms with van der Waals surface area (Å²) in [6.07, 6.45) is 1.34. The van der Waals surface area contributed by atoms with Crippen molar-refractivity contribution in [3.05, 3.63) is 22.4 Å². The number of ether oxygens (including phenoxy) is 1. The van der Waals surface area contributed by atoms with Crippen LogP contribution in [0.5, 0.6) is 0 Å². The van der Waals surface area contributed by atoms with Crippen LogP contribution >= 0.6 is 11.3 Å². The molecule has 0 amide bonds. The van der Waals surface area contributed by atoms with Crippen molar-refractivity contribution in [1.82, 2.24) is 4.90 Å². The zero-order valence-electron chi connectivity index (χ0n) is 10.1. The largest absolute Gasteiger partial charge is 0.469 e. The van der Waals surface area contributed by atoms with Crippen molar-refractivity contribution < 1.29 is 9.53 Å². The van der Waals surface area contributed by atoms with Crippen LogP contribution in [0.2, 0.25) is 0 Å². The molecule has 0 aliphatic heterocycles. The highest BCUT2D eigenvalue weighted by atomic mass is 32.1. The van der Waals surface area contributed by atoms with Crippen LogP contribution in [-0.4, -0.2) is 31.6 Å². The molecule has 1 aromatic rings. The van der Waals surface area contributed by atoms with Crippen molar-refractivity contribution in [2.75, 3.05) is 20.7 Å². The second kappa shape index (κ2) is 6.66. The third-order valence-electron chi connectivity index (χ3n) is 2.74. The molecule has 0 radical (unpaired) electrons. The van der Waals surface area contributed by atoms with Gasteiger partial charge >= 0.3 is 5.97 Å². The van der Waals surface area contributed by atoms with Gasteiger partial charge in [0, 0.05) is 17.3 Å². The highest BCUT2D eigenvalue weighted by molar-refractivity contribution is 7.10. The number of nitrogens with zero attached hydrogens (tertiary/aromatic N) is 1. The summed E-state index contributed by atoms with van der Waals surface area (Å²) in [5.41, 5.74) is 0. The first-order valence-electron chi connectivity index (χ1n) is 5.45. The summed E-state index contributed by atoms with van der Waals surface area (Å²) in [6, 6.07) is 4.63. The summed E-state index contributed by atoms with van der Waals surface area (Å²) in [7, 11) is 3.52. The summed E-state index contributed by atoms with van der Waals surface area (Å²) in [5, 5.41) is 2.09. The van der Waals surface area contributed by atoms with Crippen LogP contribution in [-0.2, 0) is 9.53 Å². The molecule has 4 heteroatoms. The van der Waals surface area contributed by atoms with Crippen molar-refractivity contribution in [2.45, 2.75) is 25.8 Å². The molecule has 1 aromatic heterocycles. The van der Waals surface area contributed by atoms with E-state index < -0.39 is 0 Å². The second-order valence-electron chi connectivity index (χ2n) is 3.85. The number of esters is 1. The maximum Gasteiger partial charge on any atom is 0.305 e. The minimum Gasteiger partial charge on any atom is -0.469 e. The molecule has 3 nitrogen and oxygen atoms in total. The molecule has 1 rings (SSSR count). The Balaban J connectivity index is 2.30. The number of carbonyl (C=O) groups is 1. The number of rotatable bonds is 6. The summed E-state index contributed by atoms with van der Waals surface area (Å²) < 4.78 is 4.61. The number of methoxy groups -OCH3 is 1. The lowest BCUT2D eigenvalue weighted by molar-refractivity contribution is -0.140. The van der Waals surface area contributed by atoms with E-state index >= 15 is 0 Å². The monoisotopic (exact) mass is 241 g/mol. The number of thiophene rings is 1. The molecule has 1 unspecified atom stereocenters. The summed E-state index contributed by atoms with van der Waals surface area (Å²) in [4.78, 5) is 14.6. The van der Waals surface area contributed by atoms with Crippen molar-refractivity contribution >= 4 is 17.3 Å². The Morgan fingerprint density at radius 1 is 1.62 bits per heavy atom. The van der Waals surface area contributed by atoms with Crippen LogP contribution in [0.3, 0.4) is 0 Å². The van der Waals surface area contributed by atoms with E-state index in [0.29, 0.717) is 12.5 Å². The molecular formula is C12H19NO2S. The summed E-state index contributed by atoms with van der Waals surface area (Å²) in [6.45, 7) is 3.10. The first-order chi connectivity index (χ1) is 7.65. The van der Waals surface area contributed by atoms with Gasteiger partial charge in [-0.25, -0.2) is 0 Å². The molecule has 0 N–H and O–H groups in total. The average molecular weight is 241 g/mol. The zero-order valence-corrected chi connectivity index (χ0v) is 10.9. The van der Waals surface area contributed by atoms with Gasteiger partial charge in [-0.05, 0) is 38.4 Å². The lowest BCUT2D eigenvalue weighted by atomic mass is 10.2. The lowest BCUT2D eigenvalue weighted by Gasteiger charge is -2.23. The van der Waals surface area contributed by atoms with Crippen LogP contribution in [0.1, 0.15) is 30.7 Å². The van der Waals surface area contributed by atoms with Gasteiger partial charge in [-0.2, -0.15) is 0 Å². The van der Waals surface area contributed by atoms with Crippen molar-refractivity contribution in [2.24, 2.45) is 0 Å². The summed E-state index contributed by atoms with van der Waals surface area (Å²) >= 11 is 1.77. The van der Waals surface area contributed by atoms with Gasteiger partial charge in [0.05, 0.1) is 7.11 Å². The average Bonchev–Trinajstić information content (AvgIpc) is 2.81. The predicted octanol–water partition coefficient (Wildman–Crippen LogP) is 2.69. The molecule has 0 aromatic carbocycles. The minimum absolute atomic E-state index is 0.128. The second-order valence-corrected chi connectivity index (χ2v) is 4.83. The van der Waals surface area contributed by atoms with Gasteiger partial charge in [-0.15, -0.1) is 11.3 Å². The molecule has 90 valence electrons. The maximum atomic E-state index is 11.0. The number of hydrogen-bond acceptors (Lipinski definition) is 4. The molecular weight excluding hydrogens is 222 g/mol. The Labute approximate surface area is 101 Å². The molecule has 0 saturated carbocycles. The first-order valence-corrected chi connectivity index (χ1v) is 6.33. The first kappa shape index (κ1) is 13.2. The Morgan fingerprint density at radius 2 is 2.38 bits per heavy atom. The van der Waals surface area contributed by atoms with E-state index in [1.165, 1.54) is 12.0 Å². The standard InChI is InChI=1S/C12H19NO2S/c1-10(11-6-5-9-16-11)13(2)8-4-7-12(14)15-3/h5-6,9-10H,4,7-8H2,1-3H3. The smallest absolute Gasteiger partial charge is 0.305 e. The van der Waals surface area contributed by atoms with Crippen LogP contribution in [0.15, 0.2) is 17.5 Å². The van der Waals surface area contributed by atoms with Crippen molar-refractivity contribution in [1.29, 1.82) is 0 Å². The van der Waals surface area contributed by atoms with Crippen LogP contribution in [0.4, 0.5) is 0 Å². The summed E-state index contributed by atoms with van der Waals surface area (Å²) in [5.74, 6) is -0.128. The Hall–Kier alpha value is -0.870. The Bertz CT molecular complexity index is 311. The zero-order chi connectivity index (χ0) is 12.0. The molecule has 0 bridgehead atoms. The van der Waals surface area contributed by atoms with Gasteiger partial charge in [-0.3, -0.25) is 9.69 Å².